The van der Waals surface area contributed by atoms with E-state index in [0.717, 1.165) is 12.8 Å². The average molecular weight is 311 g/mol. The molecule has 0 atom stereocenters. The summed E-state index contributed by atoms with van der Waals surface area (Å²) in [7, 11) is -3.47. The molecule has 21 heavy (non-hydrogen) atoms. The number of carbonyl (C=O) groups is 1. The highest BCUT2D eigenvalue weighted by Crippen LogP contribution is 2.19. The topological polar surface area (TPSA) is 70.1 Å². The molecule has 116 valence electrons. The van der Waals surface area contributed by atoms with Gasteiger partial charge >= 0.3 is 0 Å². The van der Waals surface area contributed by atoms with E-state index in [1.54, 1.807) is 28.2 Å². The number of sulfonamides is 1. The van der Waals surface area contributed by atoms with Crippen molar-refractivity contribution in [2.24, 2.45) is 4.40 Å². The first kappa shape index (κ1) is 15.8. The van der Waals surface area contributed by atoms with E-state index >= 15 is 0 Å². The zero-order chi connectivity index (χ0) is 15.5. The quantitative estimate of drug-likeness (QED) is 0.763. The third-order valence-electron chi connectivity index (χ3n) is 3.36. The summed E-state index contributed by atoms with van der Waals surface area (Å²) in [4.78, 5) is 16.1. The van der Waals surface area contributed by atoms with Gasteiger partial charge in [0.1, 0.15) is 0 Å². The van der Waals surface area contributed by atoms with E-state index in [4.69, 9.17) is 0 Å². The lowest BCUT2D eigenvalue weighted by Gasteiger charge is -2.31. The van der Waals surface area contributed by atoms with Crippen LogP contribution in [0.3, 0.4) is 0 Å². The SMILES string of the molecule is CCCN(CCC)C(=O)C1=CC=CN2CCS(=O)(=O)N=C12. The minimum atomic E-state index is -3.47. The summed E-state index contributed by atoms with van der Waals surface area (Å²) >= 11 is 0. The molecule has 0 N–H and O–H groups in total. The lowest BCUT2D eigenvalue weighted by atomic mass is 10.1. The van der Waals surface area contributed by atoms with Gasteiger partial charge in [0.25, 0.3) is 15.9 Å². The van der Waals surface area contributed by atoms with Crippen LogP contribution in [0.1, 0.15) is 26.7 Å². The van der Waals surface area contributed by atoms with Crippen molar-refractivity contribution >= 4 is 21.8 Å². The Bertz CT molecular complexity index is 599. The molecule has 0 aromatic heterocycles. The number of hydrogen-bond donors (Lipinski definition) is 0. The van der Waals surface area contributed by atoms with Gasteiger partial charge in [-0.1, -0.05) is 13.8 Å². The summed E-state index contributed by atoms with van der Waals surface area (Å²) < 4.78 is 27.2. The van der Waals surface area contributed by atoms with Gasteiger partial charge in [-0.15, -0.1) is 4.40 Å². The van der Waals surface area contributed by atoms with Gasteiger partial charge in [0.2, 0.25) is 0 Å². The highest BCUT2D eigenvalue weighted by molar-refractivity contribution is 7.90. The van der Waals surface area contributed by atoms with Crippen LogP contribution in [0, 0.1) is 0 Å². The Morgan fingerprint density at radius 1 is 1.33 bits per heavy atom. The average Bonchev–Trinajstić information content (AvgIpc) is 2.45. The van der Waals surface area contributed by atoms with Gasteiger partial charge in [0, 0.05) is 25.8 Å². The number of fused-ring (bicyclic) bond motifs is 1. The lowest BCUT2D eigenvalue weighted by Crippen LogP contribution is -2.44. The van der Waals surface area contributed by atoms with Crippen LogP contribution in [0.4, 0.5) is 0 Å². The Labute approximate surface area is 125 Å². The first-order valence-electron chi connectivity index (χ1n) is 7.26. The van der Waals surface area contributed by atoms with E-state index in [1.165, 1.54) is 0 Å². The Morgan fingerprint density at radius 2 is 2.00 bits per heavy atom. The highest BCUT2D eigenvalue weighted by atomic mass is 32.2. The maximum Gasteiger partial charge on any atom is 0.257 e. The third-order valence-corrected chi connectivity index (χ3v) is 4.51. The van der Waals surface area contributed by atoms with Crippen LogP contribution in [-0.4, -0.2) is 55.3 Å². The summed E-state index contributed by atoms with van der Waals surface area (Å²) in [6, 6.07) is 0. The molecule has 0 radical (unpaired) electrons. The summed E-state index contributed by atoms with van der Waals surface area (Å²) in [6.45, 7) is 5.69. The molecule has 0 fully saturated rings. The maximum absolute atomic E-state index is 12.7. The molecule has 0 aromatic carbocycles. The minimum Gasteiger partial charge on any atom is -0.339 e. The van der Waals surface area contributed by atoms with Crippen LogP contribution >= 0.6 is 0 Å². The molecule has 2 aliphatic heterocycles. The van der Waals surface area contributed by atoms with Gasteiger partial charge in [-0.05, 0) is 25.0 Å². The molecule has 2 rings (SSSR count). The molecular weight excluding hydrogens is 290 g/mol. The molecule has 7 heteroatoms. The van der Waals surface area contributed by atoms with Gasteiger partial charge in [0.15, 0.2) is 5.84 Å². The van der Waals surface area contributed by atoms with Crippen molar-refractivity contribution < 1.29 is 13.2 Å². The fourth-order valence-electron chi connectivity index (χ4n) is 2.41. The molecule has 0 saturated carbocycles. The summed E-state index contributed by atoms with van der Waals surface area (Å²) in [6.07, 6.45) is 6.90. The van der Waals surface area contributed by atoms with E-state index < -0.39 is 10.0 Å². The van der Waals surface area contributed by atoms with Crippen molar-refractivity contribution in [3.8, 4) is 0 Å². The second-order valence-corrected chi connectivity index (χ2v) is 6.86. The molecule has 0 spiro atoms. The van der Waals surface area contributed by atoms with Crippen LogP contribution in [0.5, 0.6) is 0 Å². The van der Waals surface area contributed by atoms with Gasteiger partial charge in [-0.3, -0.25) is 4.79 Å². The summed E-state index contributed by atoms with van der Waals surface area (Å²) in [5.41, 5.74) is 0.364. The maximum atomic E-state index is 12.7. The Morgan fingerprint density at radius 3 is 2.62 bits per heavy atom. The highest BCUT2D eigenvalue weighted by Gasteiger charge is 2.31. The number of amides is 1. The molecule has 0 saturated heterocycles. The van der Waals surface area contributed by atoms with Crippen molar-refractivity contribution in [1.29, 1.82) is 0 Å². The third kappa shape index (κ3) is 3.53. The van der Waals surface area contributed by atoms with Crippen molar-refractivity contribution in [3.63, 3.8) is 0 Å². The van der Waals surface area contributed by atoms with Crippen LogP contribution < -0.4 is 0 Å². The Kier molecular flexibility index (Phi) is 4.82. The van der Waals surface area contributed by atoms with Crippen LogP contribution in [0.15, 0.2) is 28.3 Å². The van der Waals surface area contributed by atoms with Gasteiger partial charge in [-0.2, -0.15) is 0 Å². The number of rotatable bonds is 5. The van der Waals surface area contributed by atoms with E-state index in [0.29, 0.717) is 25.2 Å². The van der Waals surface area contributed by atoms with Crippen LogP contribution in [-0.2, 0) is 14.8 Å². The molecule has 0 unspecified atom stereocenters. The number of amidine groups is 1. The van der Waals surface area contributed by atoms with Gasteiger partial charge in [-0.25, -0.2) is 8.42 Å². The largest absolute Gasteiger partial charge is 0.339 e. The van der Waals surface area contributed by atoms with Crippen molar-refractivity contribution in [3.05, 3.63) is 23.9 Å². The molecule has 2 aliphatic rings. The van der Waals surface area contributed by atoms with E-state index in [9.17, 15) is 13.2 Å². The van der Waals surface area contributed by atoms with Crippen molar-refractivity contribution in [1.82, 2.24) is 9.80 Å². The van der Waals surface area contributed by atoms with E-state index in [-0.39, 0.29) is 17.5 Å². The van der Waals surface area contributed by atoms with Crippen LogP contribution in [0.25, 0.3) is 0 Å². The standard InChI is InChI=1S/C14H21N3O3S/c1-3-7-17(8-4-2)14(18)12-6-5-9-16-10-11-21(19,20)15-13(12)16/h5-6,9H,3-4,7-8,10-11H2,1-2H3. The lowest BCUT2D eigenvalue weighted by molar-refractivity contribution is -0.126. The number of nitrogens with zero attached hydrogens (tertiary/aromatic N) is 3. The summed E-state index contributed by atoms with van der Waals surface area (Å²) in [5, 5.41) is 0. The predicted octanol–water partition coefficient (Wildman–Crippen LogP) is 1.13. The predicted molar refractivity (Wildman–Crippen MR) is 82.3 cm³/mol. The fourth-order valence-corrected chi connectivity index (χ4v) is 3.39. The minimum absolute atomic E-state index is 0.0179. The molecule has 0 bridgehead atoms. The second kappa shape index (κ2) is 6.43. The van der Waals surface area contributed by atoms with Gasteiger partial charge < -0.3 is 9.80 Å². The summed E-state index contributed by atoms with van der Waals surface area (Å²) in [5.74, 6) is 0.0884. The normalized spacial score (nSPS) is 19.6. The number of carbonyl (C=O) groups excluding carboxylic acids is 1. The van der Waals surface area contributed by atoms with Crippen molar-refractivity contribution in [2.75, 3.05) is 25.4 Å². The first-order chi connectivity index (χ1) is 9.98. The zero-order valence-corrected chi connectivity index (χ0v) is 13.3. The molecule has 0 aromatic rings. The first-order valence-corrected chi connectivity index (χ1v) is 8.87. The van der Waals surface area contributed by atoms with Crippen molar-refractivity contribution in [2.45, 2.75) is 26.7 Å². The number of allylic oxidation sites excluding steroid dienone is 2. The van der Waals surface area contributed by atoms with Gasteiger partial charge in [0.05, 0.1) is 11.3 Å². The fraction of sp³-hybridized carbons (Fsp3) is 0.571. The molecular formula is C14H21N3O3S. The Balaban J connectivity index is 2.32. The monoisotopic (exact) mass is 311 g/mol. The molecule has 6 nitrogen and oxygen atoms in total. The smallest absolute Gasteiger partial charge is 0.257 e. The number of hydrogen-bond acceptors (Lipinski definition) is 4. The Hall–Kier alpha value is -1.63. The molecule has 1 amide bonds. The second-order valence-electron chi connectivity index (χ2n) is 5.11. The molecule has 0 aliphatic carbocycles. The molecule has 2 heterocycles. The van der Waals surface area contributed by atoms with E-state index in [1.807, 2.05) is 13.8 Å². The zero-order valence-electron chi connectivity index (χ0n) is 12.4. The van der Waals surface area contributed by atoms with Crippen LogP contribution in [0.2, 0.25) is 0 Å². The van der Waals surface area contributed by atoms with E-state index in [2.05, 4.69) is 4.40 Å².